The number of aryl methyl sites for hydroxylation is 1. The van der Waals surface area contributed by atoms with Gasteiger partial charge in [-0.25, -0.2) is 0 Å². The average molecular weight is 366 g/mol. The number of carbonyl (C=O) groups excluding carboxylic acids is 2. The number of thiophene rings is 1. The summed E-state index contributed by atoms with van der Waals surface area (Å²) < 4.78 is 0. The fourth-order valence-electron chi connectivity index (χ4n) is 3.31. The molecule has 1 N–H and O–H groups in total. The second-order valence-corrected chi connectivity index (χ2v) is 7.47. The van der Waals surface area contributed by atoms with Crippen molar-refractivity contribution in [3.63, 3.8) is 0 Å². The molecule has 2 amide bonds. The smallest absolute Gasteiger partial charge is 0.323 e. The van der Waals surface area contributed by atoms with E-state index in [9.17, 15) is 14.4 Å². The maximum atomic E-state index is 12.4. The Morgan fingerprint density at radius 3 is 2.76 bits per heavy atom. The predicted molar refractivity (Wildman–Crippen MR) is 96.5 cm³/mol. The molecule has 25 heavy (non-hydrogen) atoms. The van der Waals surface area contributed by atoms with Crippen LogP contribution in [0.15, 0.2) is 17.5 Å². The summed E-state index contributed by atoms with van der Waals surface area (Å²) >= 11 is 1.71. The molecule has 1 saturated heterocycles. The van der Waals surface area contributed by atoms with E-state index in [0.29, 0.717) is 25.9 Å². The number of amides is 2. The summed E-state index contributed by atoms with van der Waals surface area (Å²) in [7, 11) is 0. The Morgan fingerprint density at radius 2 is 2.12 bits per heavy atom. The van der Waals surface area contributed by atoms with Crippen molar-refractivity contribution < 1.29 is 19.5 Å². The summed E-state index contributed by atoms with van der Waals surface area (Å²) in [6, 6.07) is 4.01. The van der Waals surface area contributed by atoms with Crippen LogP contribution in [0.3, 0.4) is 0 Å². The second kappa shape index (κ2) is 9.56. The molecule has 1 aromatic heterocycles. The zero-order chi connectivity index (χ0) is 18.2. The highest BCUT2D eigenvalue weighted by atomic mass is 32.1. The lowest BCUT2D eigenvalue weighted by atomic mass is 10.1. The van der Waals surface area contributed by atoms with Crippen LogP contribution in [0.5, 0.6) is 0 Å². The number of aliphatic carboxylic acids is 1. The zero-order valence-electron chi connectivity index (χ0n) is 14.6. The molecule has 0 radical (unpaired) electrons. The summed E-state index contributed by atoms with van der Waals surface area (Å²) in [6.07, 6.45) is 4.49. The van der Waals surface area contributed by atoms with Crippen LogP contribution >= 0.6 is 11.3 Å². The Balaban J connectivity index is 1.81. The van der Waals surface area contributed by atoms with Gasteiger partial charge in [0.2, 0.25) is 11.8 Å². The molecule has 0 aromatic carbocycles. The van der Waals surface area contributed by atoms with Gasteiger partial charge in [0.05, 0.1) is 0 Å². The molecule has 1 aromatic rings. The molecule has 0 bridgehead atoms. The Labute approximate surface area is 152 Å². The van der Waals surface area contributed by atoms with E-state index >= 15 is 0 Å². The molecule has 0 spiro atoms. The molecule has 0 saturated carbocycles. The van der Waals surface area contributed by atoms with Crippen molar-refractivity contribution in [2.75, 3.05) is 19.6 Å². The molecule has 2 heterocycles. The molecule has 0 aliphatic carbocycles. The van der Waals surface area contributed by atoms with E-state index in [2.05, 4.69) is 6.07 Å². The minimum absolute atomic E-state index is 0.0995. The molecule has 138 valence electrons. The van der Waals surface area contributed by atoms with Gasteiger partial charge < -0.3 is 14.9 Å². The van der Waals surface area contributed by atoms with Gasteiger partial charge in [0, 0.05) is 37.4 Å². The molecule has 1 atom stereocenters. The minimum Gasteiger partial charge on any atom is -0.480 e. The summed E-state index contributed by atoms with van der Waals surface area (Å²) in [5.41, 5.74) is 0. The number of hydrogen-bond acceptors (Lipinski definition) is 4. The number of carboxylic acid groups (broad SMARTS) is 1. The first-order valence-corrected chi connectivity index (χ1v) is 9.64. The molecule has 1 aliphatic rings. The van der Waals surface area contributed by atoms with Gasteiger partial charge in [-0.15, -0.1) is 11.3 Å². The summed E-state index contributed by atoms with van der Waals surface area (Å²) in [6.45, 7) is 2.41. The summed E-state index contributed by atoms with van der Waals surface area (Å²) in [5.74, 6) is -1.06. The molecule has 0 unspecified atom stereocenters. The van der Waals surface area contributed by atoms with Crippen LogP contribution in [0.4, 0.5) is 0 Å². The van der Waals surface area contributed by atoms with Crippen molar-refractivity contribution in [3.05, 3.63) is 22.4 Å². The number of rotatable bonds is 7. The molecular weight excluding hydrogens is 340 g/mol. The quantitative estimate of drug-likeness (QED) is 0.804. The normalized spacial score (nSPS) is 17.8. The van der Waals surface area contributed by atoms with Crippen LogP contribution < -0.4 is 0 Å². The van der Waals surface area contributed by atoms with Crippen molar-refractivity contribution in [2.45, 2.75) is 51.5 Å². The van der Waals surface area contributed by atoms with Gasteiger partial charge in [-0.3, -0.25) is 14.4 Å². The maximum absolute atomic E-state index is 12.4. The van der Waals surface area contributed by atoms with Crippen LogP contribution in [-0.4, -0.2) is 58.4 Å². The van der Waals surface area contributed by atoms with E-state index in [-0.39, 0.29) is 24.4 Å². The number of carbonyl (C=O) groups is 3. The van der Waals surface area contributed by atoms with E-state index in [4.69, 9.17) is 5.11 Å². The standard InChI is InChI=1S/C18H26N2O4S/c1-14(21)20(13-18(23)24)15-5-3-10-19(11-9-15)17(22)8-2-6-16-7-4-12-25-16/h4,7,12,15H,2-3,5-6,8-11,13H2,1H3,(H,23,24)/t15-/m1/s1. The van der Waals surface area contributed by atoms with Crippen LogP contribution in [-0.2, 0) is 20.8 Å². The topological polar surface area (TPSA) is 77.9 Å². The average Bonchev–Trinajstić information content (AvgIpc) is 2.95. The van der Waals surface area contributed by atoms with Crippen molar-refractivity contribution in [2.24, 2.45) is 0 Å². The fourth-order valence-corrected chi connectivity index (χ4v) is 4.06. The molecular formula is C18H26N2O4S. The first-order chi connectivity index (χ1) is 12.0. The molecule has 7 heteroatoms. The Hall–Kier alpha value is -1.89. The number of likely N-dealkylation sites (tertiary alicyclic amines) is 1. The zero-order valence-corrected chi connectivity index (χ0v) is 15.5. The highest BCUT2D eigenvalue weighted by Crippen LogP contribution is 2.19. The molecule has 1 aliphatic heterocycles. The number of carboxylic acids is 1. The summed E-state index contributed by atoms with van der Waals surface area (Å²) in [5, 5.41) is 11.0. The highest BCUT2D eigenvalue weighted by molar-refractivity contribution is 7.09. The highest BCUT2D eigenvalue weighted by Gasteiger charge is 2.27. The van der Waals surface area contributed by atoms with E-state index in [1.54, 1.807) is 11.3 Å². The van der Waals surface area contributed by atoms with E-state index < -0.39 is 5.97 Å². The van der Waals surface area contributed by atoms with Gasteiger partial charge in [0.1, 0.15) is 6.54 Å². The van der Waals surface area contributed by atoms with E-state index in [1.165, 1.54) is 16.7 Å². The first kappa shape index (κ1) is 19.4. The Morgan fingerprint density at radius 1 is 1.32 bits per heavy atom. The largest absolute Gasteiger partial charge is 0.480 e. The first-order valence-electron chi connectivity index (χ1n) is 8.76. The lowest BCUT2D eigenvalue weighted by Gasteiger charge is -2.28. The van der Waals surface area contributed by atoms with Crippen molar-refractivity contribution in [3.8, 4) is 0 Å². The lowest BCUT2D eigenvalue weighted by Crippen LogP contribution is -2.43. The van der Waals surface area contributed by atoms with Gasteiger partial charge in [-0.05, 0) is 43.6 Å². The number of nitrogens with zero attached hydrogens (tertiary/aromatic N) is 2. The Kier molecular flexibility index (Phi) is 7.43. The molecule has 2 rings (SSSR count). The van der Waals surface area contributed by atoms with Gasteiger partial charge >= 0.3 is 5.97 Å². The van der Waals surface area contributed by atoms with Crippen molar-refractivity contribution >= 4 is 29.1 Å². The van der Waals surface area contributed by atoms with Crippen LogP contribution in [0.2, 0.25) is 0 Å². The lowest BCUT2D eigenvalue weighted by molar-refractivity contribution is -0.145. The minimum atomic E-state index is -0.999. The van der Waals surface area contributed by atoms with Crippen LogP contribution in [0.1, 0.15) is 43.9 Å². The van der Waals surface area contributed by atoms with Gasteiger partial charge in [-0.2, -0.15) is 0 Å². The van der Waals surface area contributed by atoms with Gasteiger partial charge in [0.25, 0.3) is 0 Å². The third-order valence-electron chi connectivity index (χ3n) is 4.60. The molecule has 1 fully saturated rings. The second-order valence-electron chi connectivity index (χ2n) is 6.44. The Bertz CT molecular complexity index is 588. The SMILES string of the molecule is CC(=O)N(CC(=O)O)[C@@H]1CCCN(C(=O)CCCc2cccs2)CC1. The fraction of sp³-hybridized carbons (Fsp3) is 0.611. The monoisotopic (exact) mass is 366 g/mol. The predicted octanol–water partition coefficient (Wildman–Crippen LogP) is 2.38. The van der Waals surface area contributed by atoms with Gasteiger partial charge in [0.15, 0.2) is 0 Å². The third kappa shape index (κ3) is 6.16. The van der Waals surface area contributed by atoms with Crippen molar-refractivity contribution in [1.29, 1.82) is 0 Å². The van der Waals surface area contributed by atoms with Crippen LogP contribution in [0.25, 0.3) is 0 Å². The van der Waals surface area contributed by atoms with Crippen LogP contribution in [0, 0.1) is 0 Å². The maximum Gasteiger partial charge on any atom is 0.323 e. The third-order valence-corrected chi connectivity index (χ3v) is 5.53. The molecule has 6 nitrogen and oxygen atoms in total. The van der Waals surface area contributed by atoms with Crippen molar-refractivity contribution in [1.82, 2.24) is 9.80 Å². The van der Waals surface area contributed by atoms with E-state index in [1.807, 2.05) is 16.3 Å². The number of hydrogen-bond donors (Lipinski definition) is 1. The van der Waals surface area contributed by atoms with Gasteiger partial charge in [-0.1, -0.05) is 6.07 Å². The summed E-state index contributed by atoms with van der Waals surface area (Å²) in [4.78, 5) is 39.7. The van der Waals surface area contributed by atoms with E-state index in [0.717, 1.165) is 25.7 Å².